The number of anilines is 1. The normalized spacial score (nSPS) is 21.8. The van der Waals surface area contributed by atoms with Gasteiger partial charge in [-0.2, -0.15) is 0 Å². The minimum atomic E-state index is -1.15. The summed E-state index contributed by atoms with van der Waals surface area (Å²) in [4.78, 5) is 13.5. The molecule has 0 unspecified atom stereocenters. The highest BCUT2D eigenvalue weighted by molar-refractivity contribution is 7.78. The van der Waals surface area contributed by atoms with E-state index >= 15 is 0 Å². The molecular formula is C21H33NOP+. The Morgan fingerprint density at radius 1 is 1.04 bits per heavy atom. The van der Waals surface area contributed by atoms with Gasteiger partial charge in [-0.15, -0.1) is 0 Å². The average Bonchev–Trinajstić information content (AvgIpc) is 2.50. The van der Waals surface area contributed by atoms with Gasteiger partial charge in [-0.3, -0.25) is 4.79 Å². The molecule has 2 aliphatic rings. The zero-order valence-electron chi connectivity index (χ0n) is 15.9. The van der Waals surface area contributed by atoms with Crippen LogP contribution in [0.2, 0.25) is 0 Å². The number of carbonyl (C=O) groups excluding carboxylic acids is 1. The molecule has 1 aromatic carbocycles. The van der Waals surface area contributed by atoms with Crippen LogP contribution in [0.5, 0.6) is 0 Å². The van der Waals surface area contributed by atoms with Crippen LogP contribution in [0.1, 0.15) is 62.1 Å². The van der Waals surface area contributed by atoms with Crippen molar-refractivity contribution in [1.29, 1.82) is 0 Å². The van der Waals surface area contributed by atoms with Crippen LogP contribution in [0.15, 0.2) is 12.1 Å². The Morgan fingerprint density at radius 3 is 2.08 bits per heavy atom. The minimum absolute atomic E-state index is 0.00800. The molecule has 1 saturated carbocycles. The van der Waals surface area contributed by atoms with E-state index in [0.29, 0.717) is 5.91 Å². The molecule has 132 valence electrons. The van der Waals surface area contributed by atoms with Crippen molar-refractivity contribution in [3.63, 3.8) is 0 Å². The summed E-state index contributed by atoms with van der Waals surface area (Å²) in [7, 11) is -1.15. The lowest BCUT2D eigenvalue weighted by atomic mass is 9.83. The number of nitrogens with one attached hydrogen (secondary N) is 1. The predicted octanol–water partition coefficient (Wildman–Crippen LogP) is 5.69. The van der Waals surface area contributed by atoms with Crippen LogP contribution in [-0.4, -0.2) is 29.5 Å². The van der Waals surface area contributed by atoms with Gasteiger partial charge in [-0.1, -0.05) is 17.7 Å². The fourth-order valence-corrected chi connectivity index (χ4v) is 10.9. The van der Waals surface area contributed by atoms with Crippen LogP contribution in [0.4, 0.5) is 5.69 Å². The lowest BCUT2D eigenvalue weighted by molar-refractivity contribution is -0.120. The fraction of sp³-hybridized carbons (Fsp3) is 0.667. The summed E-state index contributed by atoms with van der Waals surface area (Å²) in [6, 6.07) is 4.36. The molecule has 3 rings (SSSR count). The molecule has 24 heavy (non-hydrogen) atoms. The highest BCUT2D eigenvalue weighted by Gasteiger charge is 2.64. The SMILES string of the molecule is CC[P+]1(C2(C(=O)Nc3c(C)cc(C)cc3C)CCC2)CCCCC1. The Balaban J connectivity index is 1.90. The van der Waals surface area contributed by atoms with E-state index in [9.17, 15) is 4.79 Å². The molecule has 2 nitrogen and oxygen atoms in total. The van der Waals surface area contributed by atoms with Crippen molar-refractivity contribution in [1.82, 2.24) is 0 Å². The van der Waals surface area contributed by atoms with Gasteiger partial charge in [0.1, 0.15) is 0 Å². The summed E-state index contributed by atoms with van der Waals surface area (Å²) >= 11 is 0. The summed E-state index contributed by atoms with van der Waals surface area (Å²) in [5.74, 6) is 0.348. The standard InChI is InChI=1S/C21H32NOP/c1-5-24(12-7-6-8-13-24)21(10-9-11-21)20(23)22-19-17(3)14-16(2)15-18(19)4/h14-15H,5-13H2,1-4H3/p+1. The van der Waals surface area contributed by atoms with Gasteiger partial charge < -0.3 is 5.32 Å². The van der Waals surface area contributed by atoms with Crippen molar-refractivity contribution in [2.75, 3.05) is 23.8 Å². The molecule has 2 fully saturated rings. The molecule has 1 N–H and O–H groups in total. The molecule has 1 saturated heterocycles. The van der Waals surface area contributed by atoms with Crippen LogP contribution in [0.25, 0.3) is 0 Å². The number of aryl methyl sites for hydroxylation is 3. The maximum Gasteiger partial charge on any atom is 0.268 e. The maximum absolute atomic E-state index is 13.5. The van der Waals surface area contributed by atoms with Gasteiger partial charge in [0.15, 0.2) is 5.16 Å². The number of carbonyl (C=O) groups is 1. The molecule has 1 amide bonds. The van der Waals surface area contributed by atoms with Crippen LogP contribution in [0, 0.1) is 20.8 Å². The van der Waals surface area contributed by atoms with Gasteiger partial charge in [0.25, 0.3) is 5.91 Å². The molecular weight excluding hydrogens is 313 g/mol. The number of amides is 1. The first-order valence-electron chi connectivity index (χ1n) is 9.70. The van der Waals surface area contributed by atoms with E-state index in [0.717, 1.165) is 18.5 Å². The summed E-state index contributed by atoms with van der Waals surface area (Å²) in [5.41, 5.74) is 4.72. The van der Waals surface area contributed by atoms with E-state index in [1.54, 1.807) is 0 Å². The van der Waals surface area contributed by atoms with Crippen molar-refractivity contribution in [2.24, 2.45) is 0 Å². The first-order chi connectivity index (χ1) is 11.4. The Bertz CT molecular complexity index is 604. The number of rotatable bonds is 4. The van der Waals surface area contributed by atoms with Crippen molar-refractivity contribution >= 4 is 18.9 Å². The molecule has 1 aromatic rings. The monoisotopic (exact) mass is 346 g/mol. The zero-order chi connectivity index (χ0) is 17.4. The highest BCUT2D eigenvalue weighted by Crippen LogP contribution is 2.76. The van der Waals surface area contributed by atoms with E-state index in [1.165, 1.54) is 60.9 Å². The van der Waals surface area contributed by atoms with Gasteiger partial charge in [-0.05, 0) is 77.3 Å². The molecule has 0 spiro atoms. The van der Waals surface area contributed by atoms with E-state index < -0.39 is 7.26 Å². The maximum atomic E-state index is 13.5. The van der Waals surface area contributed by atoms with Crippen LogP contribution < -0.4 is 5.32 Å². The van der Waals surface area contributed by atoms with E-state index in [1.807, 2.05) is 0 Å². The third-order valence-electron chi connectivity index (χ3n) is 6.70. The van der Waals surface area contributed by atoms with Crippen molar-refractivity contribution in [2.45, 2.75) is 71.4 Å². The summed E-state index contributed by atoms with van der Waals surface area (Å²) in [6.07, 6.45) is 11.5. The third-order valence-corrected chi connectivity index (χ3v) is 12.7. The van der Waals surface area contributed by atoms with Crippen molar-refractivity contribution in [3.8, 4) is 0 Å². The fourth-order valence-electron chi connectivity index (χ4n) is 5.20. The Morgan fingerprint density at radius 2 is 1.62 bits per heavy atom. The van der Waals surface area contributed by atoms with Gasteiger partial charge in [0.2, 0.25) is 0 Å². The quantitative estimate of drug-likeness (QED) is 0.697. The largest absolute Gasteiger partial charge is 0.322 e. The second-order valence-electron chi connectivity index (χ2n) is 8.08. The molecule has 3 heteroatoms. The van der Waals surface area contributed by atoms with Crippen LogP contribution >= 0.6 is 7.26 Å². The molecule has 1 aliphatic carbocycles. The molecule has 1 heterocycles. The van der Waals surface area contributed by atoms with Gasteiger partial charge >= 0.3 is 0 Å². The summed E-state index contributed by atoms with van der Waals surface area (Å²) < 4.78 is 0. The lowest BCUT2D eigenvalue weighted by Gasteiger charge is -2.50. The number of benzene rings is 1. The average molecular weight is 346 g/mol. The van der Waals surface area contributed by atoms with E-state index in [-0.39, 0.29) is 5.16 Å². The minimum Gasteiger partial charge on any atom is -0.322 e. The highest BCUT2D eigenvalue weighted by atomic mass is 31.2. The van der Waals surface area contributed by atoms with Gasteiger partial charge in [0.05, 0.1) is 18.5 Å². The second kappa shape index (κ2) is 6.79. The van der Waals surface area contributed by atoms with Gasteiger partial charge in [-0.25, -0.2) is 0 Å². The molecule has 0 radical (unpaired) electrons. The topological polar surface area (TPSA) is 29.1 Å². The van der Waals surface area contributed by atoms with Gasteiger partial charge in [0, 0.05) is 12.9 Å². The Kier molecular flexibility index (Phi) is 5.07. The summed E-state index contributed by atoms with van der Waals surface area (Å²) in [5, 5.41) is 3.39. The zero-order valence-corrected chi connectivity index (χ0v) is 16.8. The Hall–Kier alpha value is -0.880. The molecule has 0 atom stereocenters. The Labute approximate surface area is 148 Å². The summed E-state index contributed by atoms with van der Waals surface area (Å²) in [6.45, 7) is 8.72. The molecule has 1 aliphatic heterocycles. The van der Waals surface area contributed by atoms with Crippen molar-refractivity contribution < 1.29 is 4.79 Å². The third kappa shape index (κ3) is 2.81. The first-order valence-corrected chi connectivity index (χ1v) is 12.0. The molecule has 0 aromatic heterocycles. The number of hydrogen-bond donors (Lipinski definition) is 1. The number of hydrogen-bond acceptors (Lipinski definition) is 1. The van der Waals surface area contributed by atoms with Crippen LogP contribution in [0.3, 0.4) is 0 Å². The van der Waals surface area contributed by atoms with Crippen LogP contribution in [-0.2, 0) is 4.79 Å². The second-order valence-corrected chi connectivity index (χ2v) is 12.8. The molecule has 0 bridgehead atoms. The van der Waals surface area contributed by atoms with Crippen molar-refractivity contribution in [3.05, 3.63) is 28.8 Å². The first kappa shape index (κ1) is 17.9. The smallest absolute Gasteiger partial charge is 0.268 e. The van der Waals surface area contributed by atoms with E-state index in [4.69, 9.17) is 0 Å². The van der Waals surface area contributed by atoms with E-state index in [2.05, 4.69) is 45.1 Å². The lowest BCUT2D eigenvalue weighted by Crippen LogP contribution is -2.52. The predicted molar refractivity (Wildman–Crippen MR) is 107 cm³/mol.